The summed E-state index contributed by atoms with van der Waals surface area (Å²) < 4.78 is 4.97. The first-order chi connectivity index (χ1) is 5.55. The monoisotopic (exact) mass is 166 g/mol. The lowest BCUT2D eigenvalue weighted by atomic mass is 9.92. The predicted octanol–water partition coefficient (Wildman–Crippen LogP) is 2.91. The molecular formula is C7H10N4O. The van der Waals surface area contributed by atoms with Crippen molar-refractivity contribution in [2.45, 2.75) is 26.2 Å². The summed E-state index contributed by atoms with van der Waals surface area (Å²) in [6.07, 6.45) is 1.42. The van der Waals surface area contributed by atoms with Gasteiger partial charge in [0, 0.05) is 10.3 Å². The second-order valence-electron chi connectivity index (χ2n) is 3.48. The number of hydrogen-bond donors (Lipinski definition) is 0. The quantitative estimate of drug-likeness (QED) is 0.365. The standard InChI is InChI=1S/C7H10N4O/c1-7(2,3)6-5(10-11-8)4-9-12-6/h4H,1-3H3. The van der Waals surface area contributed by atoms with Crippen LogP contribution in [0.4, 0.5) is 5.69 Å². The zero-order valence-electron chi connectivity index (χ0n) is 7.27. The highest BCUT2D eigenvalue weighted by Gasteiger charge is 2.22. The maximum Gasteiger partial charge on any atom is 0.151 e. The van der Waals surface area contributed by atoms with Crippen molar-refractivity contribution in [3.8, 4) is 0 Å². The van der Waals surface area contributed by atoms with Crippen LogP contribution in [-0.2, 0) is 5.41 Å². The Hall–Kier alpha value is -1.48. The molecule has 5 nitrogen and oxygen atoms in total. The molecule has 0 unspecified atom stereocenters. The maximum absolute atomic E-state index is 8.22. The lowest BCUT2D eigenvalue weighted by Crippen LogP contribution is -2.09. The summed E-state index contributed by atoms with van der Waals surface area (Å²) in [6, 6.07) is 0. The molecule has 5 heteroatoms. The number of nitrogens with zero attached hydrogens (tertiary/aromatic N) is 4. The molecule has 1 aromatic heterocycles. The van der Waals surface area contributed by atoms with Crippen LogP contribution in [-0.4, -0.2) is 5.16 Å². The van der Waals surface area contributed by atoms with Gasteiger partial charge < -0.3 is 4.52 Å². The zero-order valence-corrected chi connectivity index (χ0v) is 7.27. The molecule has 0 aliphatic carbocycles. The van der Waals surface area contributed by atoms with Gasteiger partial charge in [-0.3, -0.25) is 0 Å². The number of aromatic nitrogens is 1. The molecule has 0 radical (unpaired) electrons. The van der Waals surface area contributed by atoms with Gasteiger partial charge in [-0.1, -0.05) is 31.0 Å². The van der Waals surface area contributed by atoms with E-state index in [9.17, 15) is 0 Å². The third-order valence-electron chi connectivity index (χ3n) is 1.39. The van der Waals surface area contributed by atoms with Gasteiger partial charge in [0.15, 0.2) is 5.76 Å². The average molecular weight is 166 g/mol. The van der Waals surface area contributed by atoms with Crippen LogP contribution in [0.5, 0.6) is 0 Å². The van der Waals surface area contributed by atoms with Crippen LogP contribution in [0.15, 0.2) is 15.8 Å². The van der Waals surface area contributed by atoms with Crippen molar-refractivity contribution in [3.05, 3.63) is 22.4 Å². The van der Waals surface area contributed by atoms with E-state index in [0.717, 1.165) is 0 Å². The van der Waals surface area contributed by atoms with Crippen LogP contribution in [0.3, 0.4) is 0 Å². The summed E-state index contributed by atoms with van der Waals surface area (Å²) in [5, 5.41) is 7.02. The van der Waals surface area contributed by atoms with Crippen LogP contribution < -0.4 is 0 Å². The first-order valence-electron chi connectivity index (χ1n) is 3.56. The van der Waals surface area contributed by atoms with Crippen molar-refractivity contribution < 1.29 is 4.52 Å². The first-order valence-corrected chi connectivity index (χ1v) is 3.56. The molecule has 0 aromatic carbocycles. The molecule has 12 heavy (non-hydrogen) atoms. The summed E-state index contributed by atoms with van der Waals surface area (Å²) in [4.78, 5) is 2.68. The van der Waals surface area contributed by atoms with Crippen LogP contribution in [0.25, 0.3) is 10.4 Å². The summed E-state index contributed by atoms with van der Waals surface area (Å²) in [5.41, 5.74) is 8.50. The molecule has 0 saturated carbocycles. The molecule has 0 N–H and O–H groups in total. The van der Waals surface area contributed by atoms with Gasteiger partial charge >= 0.3 is 0 Å². The molecule has 1 rings (SSSR count). The summed E-state index contributed by atoms with van der Waals surface area (Å²) in [6.45, 7) is 5.89. The van der Waals surface area contributed by atoms with Gasteiger partial charge in [0.1, 0.15) is 5.69 Å². The zero-order chi connectivity index (χ0) is 9.19. The lowest BCUT2D eigenvalue weighted by Gasteiger charge is -2.13. The van der Waals surface area contributed by atoms with Crippen molar-refractivity contribution in [1.82, 2.24) is 5.16 Å². The largest absolute Gasteiger partial charge is 0.360 e. The smallest absolute Gasteiger partial charge is 0.151 e. The fraction of sp³-hybridized carbons (Fsp3) is 0.571. The third-order valence-corrected chi connectivity index (χ3v) is 1.39. The Morgan fingerprint density at radius 2 is 2.25 bits per heavy atom. The van der Waals surface area contributed by atoms with Gasteiger partial charge in [-0.2, -0.15) is 0 Å². The van der Waals surface area contributed by atoms with Crippen molar-refractivity contribution in [3.63, 3.8) is 0 Å². The van der Waals surface area contributed by atoms with Crippen LogP contribution in [0.2, 0.25) is 0 Å². The number of hydrogen-bond acceptors (Lipinski definition) is 3. The van der Waals surface area contributed by atoms with Gasteiger partial charge in [0.2, 0.25) is 0 Å². The Balaban J connectivity index is 3.16. The molecule has 0 atom stereocenters. The van der Waals surface area contributed by atoms with E-state index >= 15 is 0 Å². The Morgan fingerprint density at radius 3 is 2.75 bits per heavy atom. The Bertz CT molecular complexity index is 316. The second kappa shape index (κ2) is 2.87. The van der Waals surface area contributed by atoms with Crippen molar-refractivity contribution in [2.24, 2.45) is 5.11 Å². The molecule has 0 spiro atoms. The fourth-order valence-corrected chi connectivity index (χ4v) is 0.875. The minimum absolute atomic E-state index is 0.181. The van der Waals surface area contributed by atoms with Crippen molar-refractivity contribution in [2.75, 3.05) is 0 Å². The van der Waals surface area contributed by atoms with E-state index in [1.807, 2.05) is 20.8 Å². The fourth-order valence-electron chi connectivity index (χ4n) is 0.875. The summed E-state index contributed by atoms with van der Waals surface area (Å²) in [5.74, 6) is 0.611. The Labute approximate surface area is 70.0 Å². The maximum atomic E-state index is 8.22. The van der Waals surface area contributed by atoms with Gasteiger partial charge in [-0.25, -0.2) is 0 Å². The number of azide groups is 1. The molecular weight excluding hydrogens is 156 g/mol. The molecule has 1 aromatic rings. The highest BCUT2D eigenvalue weighted by molar-refractivity contribution is 5.40. The number of rotatable bonds is 1. The highest BCUT2D eigenvalue weighted by Crippen LogP contribution is 2.30. The third kappa shape index (κ3) is 1.57. The molecule has 1 heterocycles. The molecule has 0 amide bonds. The molecule has 64 valence electrons. The predicted molar refractivity (Wildman–Crippen MR) is 44.0 cm³/mol. The summed E-state index contributed by atoms with van der Waals surface area (Å²) >= 11 is 0. The molecule has 0 fully saturated rings. The lowest BCUT2D eigenvalue weighted by molar-refractivity contribution is 0.330. The van der Waals surface area contributed by atoms with Gasteiger partial charge in [-0.15, -0.1) is 0 Å². The molecule has 0 saturated heterocycles. The Morgan fingerprint density at radius 1 is 1.58 bits per heavy atom. The summed E-state index contributed by atoms with van der Waals surface area (Å²) in [7, 11) is 0. The van der Waals surface area contributed by atoms with E-state index in [-0.39, 0.29) is 5.41 Å². The molecule has 0 aliphatic heterocycles. The van der Waals surface area contributed by atoms with E-state index < -0.39 is 0 Å². The van der Waals surface area contributed by atoms with E-state index in [1.165, 1.54) is 6.20 Å². The highest BCUT2D eigenvalue weighted by atomic mass is 16.5. The molecule has 0 aliphatic rings. The SMILES string of the molecule is CC(C)(C)c1oncc1N=[N+]=[N-]. The van der Waals surface area contributed by atoms with Gasteiger partial charge in [-0.05, 0) is 5.53 Å². The minimum atomic E-state index is -0.181. The van der Waals surface area contributed by atoms with Crippen LogP contribution >= 0.6 is 0 Å². The van der Waals surface area contributed by atoms with E-state index in [1.54, 1.807) is 0 Å². The normalized spacial score (nSPS) is 10.9. The van der Waals surface area contributed by atoms with Crippen molar-refractivity contribution in [1.29, 1.82) is 0 Å². The van der Waals surface area contributed by atoms with E-state index in [4.69, 9.17) is 10.1 Å². The first kappa shape index (κ1) is 8.62. The Kier molecular flexibility index (Phi) is 2.06. The van der Waals surface area contributed by atoms with Gasteiger partial charge in [0.25, 0.3) is 0 Å². The topological polar surface area (TPSA) is 74.8 Å². The van der Waals surface area contributed by atoms with Crippen molar-refractivity contribution >= 4 is 5.69 Å². The van der Waals surface area contributed by atoms with Gasteiger partial charge in [0.05, 0.1) is 6.20 Å². The van der Waals surface area contributed by atoms with E-state index in [0.29, 0.717) is 11.4 Å². The molecule has 0 bridgehead atoms. The van der Waals surface area contributed by atoms with Crippen LogP contribution in [0, 0.1) is 0 Å². The minimum Gasteiger partial charge on any atom is -0.360 e. The van der Waals surface area contributed by atoms with Crippen LogP contribution in [0.1, 0.15) is 26.5 Å². The average Bonchev–Trinajstić information content (AvgIpc) is 2.34. The van der Waals surface area contributed by atoms with E-state index in [2.05, 4.69) is 15.2 Å². The second-order valence-corrected chi connectivity index (χ2v) is 3.48.